The number of amides is 2. The van der Waals surface area contributed by atoms with Crippen molar-refractivity contribution in [2.45, 2.75) is 38.6 Å². The first kappa shape index (κ1) is 23.5. The first-order chi connectivity index (χ1) is 17.1. The number of nitrogens with one attached hydrogen (secondary N) is 1. The van der Waals surface area contributed by atoms with Crippen LogP contribution in [0.3, 0.4) is 0 Å². The van der Waals surface area contributed by atoms with E-state index in [1.807, 2.05) is 36.4 Å². The molecule has 8 heteroatoms. The van der Waals surface area contributed by atoms with E-state index >= 15 is 0 Å². The van der Waals surface area contributed by atoms with Crippen LogP contribution in [0.5, 0.6) is 5.75 Å². The second-order valence-electron chi connectivity index (χ2n) is 9.18. The number of hydrogen-bond donors (Lipinski definition) is 1. The SMILES string of the molecule is C=C1CCC(N2Cc3c(OCc4ccc(COCN5CCOCC5)cc4)cccc3C2=O)C(=O)N1. The normalized spacial score (nSPS) is 20.6. The van der Waals surface area contributed by atoms with Crippen LogP contribution in [0, 0.1) is 0 Å². The van der Waals surface area contributed by atoms with E-state index in [9.17, 15) is 9.59 Å². The van der Waals surface area contributed by atoms with Gasteiger partial charge in [-0.25, -0.2) is 0 Å². The van der Waals surface area contributed by atoms with Gasteiger partial charge in [-0.2, -0.15) is 0 Å². The Morgan fingerprint density at radius 3 is 2.51 bits per heavy atom. The topological polar surface area (TPSA) is 80.3 Å². The van der Waals surface area contributed by atoms with Crippen molar-refractivity contribution in [1.29, 1.82) is 0 Å². The summed E-state index contributed by atoms with van der Waals surface area (Å²) in [7, 11) is 0. The predicted molar refractivity (Wildman–Crippen MR) is 129 cm³/mol. The average molecular weight is 478 g/mol. The first-order valence-corrected chi connectivity index (χ1v) is 12.1. The number of carbonyl (C=O) groups is 2. The van der Waals surface area contributed by atoms with Crippen LogP contribution in [0.1, 0.15) is 39.9 Å². The smallest absolute Gasteiger partial charge is 0.255 e. The summed E-state index contributed by atoms with van der Waals surface area (Å²) in [5, 5.41) is 2.77. The third kappa shape index (κ3) is 5.40. The van der Waals surface area contributed by atoms with Crippen molar-refractivity contribution >= 4 is 11.8 Å². The van der Waals surface area contributed by atoms with Gasteiger partial charge in [0.1, 0.15) is 18.4 Å². The van der Waals surface area contributed by atoms with Gasteiger partial charge in [-0.15, -0.1) is 0 Å². The molecule has 0 bridgehead atoms. The molecular weight excluding hydrogens is 446 g/mol. The highest BCUT2D eigenvalue weighted by Crippen LogP contribution is 2.34. The van der Waals surface area contributed by atoms with Gasteiger partial charge in [0, 0.05) is 29.9 Å². The molecule has 2 aromatic rings. The summed E-state index contributed by atoms with van der Waals surface area (Å²) in [6.45, 7) is 9.10. The van der Waals surface area contributed by atoms with Crippen molar-refractivity contribution < 1.29 is 23.8 Å². The van der Waals surface area contributed by atoms with Gasteiger partial charge < -0.3 is 24.4 Å². The number of hydrogen-bond acceptors (Lipinski definition) is 6. The van der Waals surface area contributed by atoms with Gasteiger partial charge >= 0.3 is 0 Å². The number of allylic oxidation sites excluding steroid dienone is 1. The highest BCUT2D eigenvalue weighted by molar-refractivity contribution is 6.02. The maximum atomic E-state index is 13.0. The van der Waals surface area contributed by atoms with E-state index in [4.69, 9.17) is 14.2 Å². The number of morpholine rings is 1. The standard InChI is InChI=1S/C27H31N3O5/c1-19-5-10-24(26(31)28-19)30-15-23-22(27(30)32)3-2-4-25(23)35-17-21-8-6-20(7-9-21)16-34-18-29-11-13-33-14-12-29/h2-4,6-9,24H,1,5,10-18H2,(H,28,31). The fourth-order valence-corrected chi connectivity index (χ4v) is 4.69. The molecule has 3 aliphatic rings. The molecule has 2 saturated heterocycles. The molecule has 0 aliphatic carbocycles. The summed E-state index contributed by atoms with van der Waals surface area (Å²) < 4.78 is 17.3. The van der Waals surface area contributed by atoms with Crippen LogP contribution in [0.25, 0.3) is 0 Å². The Morgan fingerprint density at radius 2 is 1.77 bits per heavy atom. The minimum Gasteiger partial charge on any atom is -0.489 e. The van der Waals surface area contributed by atoms with E-state index in [1.54, 1.807) is 11.0 Å². The molecule has 2 aromatic carbocycles. The molecule has 3 heterocycles. The van der Waals surface area contributed by atoms with Crippen molar-refractivity contribution in [2.75, 3.05) is 33.0 Å². The first-order valence-electron chi connectivity index (χ1n) is 12.1. The van der Waals surface area contributed by atoms with Crippen LogP contribution in [-0.2, 0) is 34.0 Å². The minimum atomic E-state index is -0.480. The average Bonchev–Trinajstić information content (AvgIpc) is 3.21. The van der Waals surface area contributed by atoms with Crippen molar-refractivity contribution in [3.8, 4) is 5.75 Å². The van der Waals surface area contributed by atoms with E-state index in [0.717, 1.165) is 43.0 Å². The lowest BCUT2D eigenvalue weighted by Crippen LogP contribution is -2.49. The number of piperidine rings is 1. The Bertz CT molecular complexity index is 1090. The van der Waals surface area contributed by atoms with Crippen molar-refractivity contribution in [3.05, 3.63) is 77.0 Å². The van der Waals surface area contributed by atoms with E-state index in [1.165, 1.54) is 0 Å². The highest BCUT2D eigenvalue weighted by atomic mass is 16.5. The zero-order valence-electron chi connectivity index (χ0n) is 19.8. The molecule has 2 amide bonds. The lowest BCUT2D eigenvalue weighted by molar-refractivity contribution is -0.126. The Labute approximate surface area is 205 Å². The fourth-order valence-electron chi connectivity index (χ4n) is 4.69. The van der Waals surface area contributed by atoms with Crippen molar-refractivity contribution in [3.63, 3.8) is 0 Å². The van der Waals surface area contributed by atoms with Crippen LogP contribution in [0.4, 0.5) is 0 Å². The monoisotopic (exact) mass is 477 g/mol. The molecule has 184 valence electrons. The van der Waals surface area contributed by atoms with Crippen molar-refractivity contribution in [2.24, 2.45) is 0 Å². The van der Waals surface area contributed by atoms with Crippen LogP contribution < -0.4 is 10.1 Å². The maximum Gasteiger partial charge on any atom is 0.255 e. The molecular formula is C27H31N3O5. The second kappa shape index (κ2) is 10.6. The number of rotatable bonds is 8. The van der Waals surface area contributed by atoms with Gasteiger partial charge in [0.05, 0.1) is 33.1 Å². The number of ether oxygens (including phenoxy) is 3. The lowest BCUT2D eigenvalue weighted by Gasteiger charge is -2.31. The van der Waals surface area contributed by atoms with Gasteiger partial charge in [-0.1, -0.05) is 36.9 Å². The second-order valence-corrected chi connectivity index (χ2v) is 9.18. The quantitative estimate of drug-likeness (QED) is 0.630. The minimum absolute atomic E-state index is 0.125. The van der Waals surface area contributed by atoms with E-state index in [2.05, 4.69) is 16.8 Å². The van der Waals surface area contributed by atoms with Crippen LogP contribution in [0.2, 0.25) is 0 Å². The number of nitrogens with zero attached hydrogens (tertiary/aromatic N) is 2. The molecule has 1 atom stereocenters. The van der Waals surface area contributed by atoms with Gasteiger partial charge in [0.25, 0.3) is 5.91 Å². The number of fused-ring (bicyclic) bond motifs is 1. The van der Waals surface area contributed by atoms with Gasteiger partial charge in [-0.3, -0.25) is 14.5 Å². The summed E-state index contributed by atoms with van der Waals surface area (Å²) in [5.41, 5.74) is 4.28. The summed E-state index contributed by atoms with van der Waals surface area (Å²) in [6.07, 6.45) is 1.26. The van der Waals surface area contributed by atoms with Crippen molar-refractivity contribution in [1.82, 2.24) is 15.1 Å². The summed E-state index contributed by atoms with van der Waals surface area (Å²) in [6, 6.07) is 13.2. The summed E-state index contributed by atoms with van der Waals surface area (Å²) in [4.78, 5) is 29.4. The molecule has 3 aliphatic heterocycles. The number of benzene rings is 2. The zero-order chi connectivity index (χ0) is 24.2. The van der Waals surface area contributed by atoms with Crippen LogP contribution >= 0.6 is 0 Å². The largest absolute Gasteiger partial charge is 0.489 e. The molecule has 0 radical (unpaired) electrons. The maximum absolute atomic E-state index is 13.0. The zero-order valence-corrected chi connectivity index (χ0v) is 19.8. The molecule has 35 heavy (non-hydrogen) atoms. The Kier molecular flexibility index (Phi) is 7.13. The summed E-state index contributed by atoms with van der Waals surface area (Å²) in [5.74, 6) is 0.385. The molecule has 1 N–H and O–H groups in total. The van der Waals surface area contributed by atoms with Gasteiger partial charge in [0.2, 0.25) is 5.91 Å². The third-order valence-corrected chi connectivity index (χ3v) is 6.71. The molecule has 2 fully saturated rings. The fraction of sp³-hybridized carbons (Fsp3) is 0.407. The molecule has 0 aromatic heterocycles. The summed E-state index contributed by atoms with van der Waals surface area (Å²) >= 11 is 0. The molecule has 0 spiro atoms. The van der Waals surface area contributed by atoms with E-state index in [0.29, 0.717) is 56.3 Å². The number of carbonyl (C=O) groups excluding carboxylic acids is 2. The van der Waals surface area contributed by atoms with E-state index < -0.39 is 6.04 Å². The molecule has 8 nitrogen and oxygen atoms in total. The third-order valence-electron chi connectivity index (χ3n) is 6.71. The Hall–Kier alpha value is -3.20. The van der Waals surface area contributed by atoms with Gasteiger partial charge in [0.15, 0.2) is 0 Å². The van der Waals surface area contributed by atoms with E-state index in [-0.39, 0.29) is 11.8 Å². The lowest BCUT2D eigenvalue weighted by atomic mass is 10.0. The van der Waals surface area contributed by atoms with Crippen LogP contribution in [0.15, 0.2) is 54.7 Å². The highest BCUT2D eigenvalue weighted by Gasteiger charge is 2.39. The van der Waals surface area contributed by atoms with Crippen LogP contribution in [-0.4, -0.2) is 60.7 Å². The molecule has 1 unspecified atom stereocenters. The molecule has 0 saturated carbocycles. The predicted octanol–water partition coefficient (Wildman–Crippen LogP) is 2.82. The Balaban J connectivity index is 1.16. The van der Waals surface area contributed by atoms with Gasteiger partial charge in [-0.05, 0) is 36.1 Å². The Morgan fingerprint density at radius 1 is 1.03 bits per heavy atom. The molecule has 5 rings (SSSR count).